The minimum atomic E-state index is 0. The molecule has 0 spiro atoms. The zero-order valence-corrected chi connectivity index (χ0v) is 23.4. The fourth-order valence-corrected chi connectivity index (χ4v) is 5.07. The first-order chi connectivity index (χ1) is 13.3. The molecule has 0 N–H and O–H groups in total. The van der Waals surface area contributed by atoms with E-state index in [-0.39, 0.29) is 25.8 Å². The molecule has 1 aliphatic rings. The summed E-state index contributed by atoms with van der Waals surface area (Å²) < 4.78 is 0. The molecule has 0 aromatic heterocycles. The van der Waals surface area contributed by atoms with Gasteiger partial charge in [0.15, 0.2) is 0 Å². The molecule has 3 aromatic carbocycles. The summed E-state index contributed by atoms with van der Waals surface area (Å²) in [7, 11) is 0. The number of aryl methyl sites for hydroxylation is 1. The van der Waals surface area contributed by atoms with Crippen LogP contribution in [-0.2, 0) is 45.1 Å². The zero-order chi connectivity index (χ0) is 20.6. The molecule has 1 heteroatoms. The monoisotopic (exact) mass is 554 g/mol. The molecule has 1 aliphatic carbocycles. The van der Waals surface area contributed by atoms with Crippen molar-refractivity contribution in [1.29, 1.82) is 0 Å². The van der Waals surface area contributed by atoms with E-state index in [2.05, 4.69) is 79.7 Å². The summed E-state index contributed by atoms with van der Waals surface area (Å²) >= 11 is 0. The molecule has 0 aliphatic heterocycles. The van der Waals surface area contributed by atoms with Gasteiger partial charge in [-0.15, -0.1) is 34.5 Å². The maximum absolute atomic E-state index is 2.48. The van der Waals surface area contributed by atoms with Crippen LogP contribution in [0.25, 0.3) is 10.8 Å². The molecule has 0 heterocycles. The van der Waals surface area contributed by atoms with Crippen LogP contribution in [0.1, 0.15) is 78.1 Å². The third-order valence-electron chi connectivity index (χ3n) is 8.01. The number of hydrogen-bond acceptors (Lipinski definition) is 0. The second kappa shape index (κ2) is 9.46. The Morgan fingerprint density at radius 1 is 0.862 bits per heavy atom. The van der Waals surface area contributed by atoms with Gasteiger partial charge in [-0.2, -0.15) is 33.9 Å². The Hall–Kier alpha value is -0.950. The van der Waals surface area contributed by atoms with Crippen LogP contribution in [0, 0.1) is 40.0 Å². The average Bonchev–Trinajstić information content (AvgIpc) is 3.33. The first-order valence-electron chi connectivity index (χ1n) is 11.2. The Kier molecular flexibility index (Phi) is 7.93. The van der Waals surface area contributed by atoms with Gasteiger partial charge in [-0.25, -0.2) is 0 Å². The van der Waals surface area contributed by atoms with E-state index in [0.717, 1.165) is 6.42 Å². The second-order valence-electron chi connectivity index (χ2n) is 9.11. The van der Waals surface area contributed by atoms with Crippen LogP contribution in [0.3, 0.4) is 0 Å². The van der Waals surface area contributed by atoms with Crippen LogP contribution in [-0.4, -0.2) is 0 Å². The minimum Gasteiger partial charge on any atom is -0.196 e. The predicted octanol–water partition coefficient (Wildman–Crippen LogP) is 7.97. The van der Waals surface area contributed by atoms with Crippen LogP contribution in [0.2, 0.25) is 0 Å². The molecular formula is C28H38Hf-2. The molecule has 0 saturated heterocycles. The van der Waals surface area contributed by atoms with Crippen molar-refractivity contribution in [2.75, 3.05) is 0 Å². The fourth-order valence-electron chi connectivity index (χ4n) is 5.07. The van der Waals surface area contributed by atoms with E-state index in [0.29, 0.717) is 5.41 Å². The number of hydrogen-bond donors (Lipinski definition) is 0. The molecule has 0 radical (unpaired) electrons. The number of fused-ring (bicyclic) bond motifs is 2. The standard InChI is InChI=1S/C18H23.C10H15.Hf/c1-4-13-7-8-14-9-15-11-18(5-2,6-3)12-16(15)10-17(13)14;1-6-7(2)9(4)10(5)8(6)3;/h7-10H,4-6,11-12H2,1-3H3;1-5H3;/q2*-1;. The normalized spacial score (nSPS) is 14.3. The molecule has 3 aromatic rings. The van der Waals surface area contributed by atoms with Crippen molar-refractivity contribution in [2.24, 2.45) is 5.41 Å². The quantitative estimate of drug-likeness (QED) is 0.228. The molecule has 0 atom stereocenters. The van der Waals surface area contributed by atoms with E-state index in [1.54, 1.807) is 11.1 Å². The summed E-state index contributed by atoms with van der Waals surface area (Å²) in [6.45, 7) is 18.0. The maximum Gasteiger partial charge on any atom is 0 e. The summed E-state index contributed by atoms with van der Waals surface area (Å²) in [5.41, 5.74) is 12.6. The molecule has 0 amide bonds. The Bertz CT molecular complexity index is 896. The Morgan fingerprint density at radius 3 is 1.79 bits per heavy atom. The van der Waals surface area contributed by atoms with Gasteiger partial charge in [0, 0.05) is 25.8 Å². The van der Waals surface area contributed by atoms with Crippen molar-refractivity contribution in [3.63, 3.8) is 0 Å². The second-order valence-corrected chi connectivity index (χ2v) is 9.11. The molecule has 0 nitrogen and oxygen atoms in total. The van der Waals surface area contributed by atoms with Crippen molar-refractivity contribution in [3.05, 3.63) is 68.8 Å². The van der Waals surface area contributed by atoms with Crippen LogP contribution in [0.15, 0.2) is 24.3 Å². The third kappa shape index (κ3) is 4.41. The van der Waals surface area contributed by atoms with Crippen LogP contribution in [0.4, 0.5) is 0 Å². The molecule has 4 rings (SSSR count). The molecule has 0 saturated carbocycles. The van der Waals surface area contributed by atoms with Gasteiger partial charge >= 0.3 is 0 Å². The van der Waals surface area contributed by atoms with E-state index in [4.69, 9.17) is 0 Å². The van der Waals surface area contributed by atoms with E-state index in [1.165, 1.54) is 69.8 Å². The van der Waals surface area contributed by atoms with Crippen LogP contribution < -0.4 is 0 Å². The van der Waals surface area contributed by atoms with Gasteiger partial charge in [0.05, 0.1) is 0 Å². The third-order valence-corrected chi connectivity index (χ3v) is 8.01. The first kappa shape index (κ1) is 24.3. The topological polar surface area (TPSA) is 0 Å². The Labute approximate surface area is 197 Å². The summed E-state index contributed by atoms with van der Waals surface area (Å²) in [5, 5.41) is 2.95. The number of rotatable bonds is 3. The van der Waals surface area contributed by atoms with Crippen molar-refractivity contribution in [1.82, 2.24) is 0 Å². The fraction of sp³-hybridized carbons (Fsp3) is 0.500. The van der Waals surface area contributed by atoms with E-state index in [9.17, 15) is 0 Å². The molecule has 29 heavy (non-hydrogen) atoms. The molecular weight excluding hydrogens is 515 g/mol. The zero-order valence-electron chi connectivity index (χ0n) is 19.8. The Balaban J connectivity index is 0.000000234. The number of benzene rings is 1. The molecule has 0 bridgehead atoms. The van der Waals surface area contributed by atoms with Crippen molar-refractivity contribution >= 4 is 10.8 Å². The molecule has 156 valence electrons. The van der Waals surface area contributed by atoms with Crippen LogP contribution >= 0.6 is 0 Å². The van der Waals surface area contributed by atoms with E-state index >= 15 is 0 Å². The van der Waals surface area contributed by atoms with Gasteiger partial charge in [0.2, 0.25) is 0 Å². The largest absolute Gasteiger partial charge is 0.196 e. The summed E-state index contributed by atoms with van der Waals surface area (Å²) in [5.74, 6) is 0. The smallest absolute Gasteiger partial charge is 0 e. The van der Waals surface area contributed by atoms with Crippen molar-refractivity contribution in [3.8, 4) is 0 Å². The van der Waals surface area contributed by atoms with Crippen molar-refractivity contribution < 1.29 is 25.8 Å². The van der Waals surface area contributed by atoms with E-state index < -0.39 is 0 Å². The Morgan fingerprint density at radius 2 is 1.38 bits per heavy atom. The van der Waals surface area contributed by atoms with Gasteiger partial charge in [-0.1, -0.05) is 72.9 Å². The van der Waals surface area contributed by atoms with Gasteiger partial charge < -0.3 is 0 Å². The van der Waals surface area contributed by atoms with E-state index in [1.807, 2.05) is 0 Å². The molecule has 0 fully saturated rings. The maximum atomic E-state index is 2.48. The molecule has 0 unspecified atom stereocenters. The predicted molar refractivity (Wildman–Crippen MR) is 125 cm³/mol. The SMILES string of the molecule is CC[c-]1ccc2cc3c(cc21)CC(CC)(CC)C3.Cc1c(C)c(C)[c-](C)c1C.[Hf]. The van der Waals surface area contributed by atoms with Gasteiger partial charge in [-0.3, -0.25) is 0 Å². The van der Waals surface area contributed by atoms with Crippen LogP contribution in [0.5, 0.6) is 0 Å². The van der Waals surface area contributed by atoms with Gasteiger partial charge in [0.1, 0.15) is 0 Å². The van der Waals surface area contributed by atoms with Gasteiger partial charge in [-0.05, 0) is 31.1 Å². The van der Waals surface area contributed by atoms with Crippen molar-refractivity contribution in [2.45, 2.75) is 87.5 Å². The first-order valence-corrected chi connectivity index (χ1v) is 11.2. The average molecular weight is 553 g/mol. The summed E-state index contributed by atoms with van der Waals surface area (Å²) in [6, 6.07) is 9.53. The van der Waals surface area contributed by atoms with Gasteiger partial charge in [0.25, 0.3) is 0 Å². The summed E-state index contributed by atoms with van der Waals surface area (Å²) in [4.78, 5) is 0. The minimum absolute atomic E-state index is 0. The summed E-state index contributed by atoms with van der Waals surface area (Å²) in [6.07, 6.45) is 6.35.